The maximum absolute atomic E-state index is 13.2. The van der Waals surface area contributed by atoms with Crippen molar-refractivity contribution >= 4 is 5.69 Å². The van der Waals surface area contributed by atoms with Crippen LogP contribution >= 0.6 is 0 Å². The summed E-state index contributed by atoms with van der Waals surface area (Å²) in [5.41, 5.74) is 1.36. The van der Waals surface area contributed by atoms with E-state index in [-0.39, 0.29) is 18.9 Å². The van der Waals surface area contributed by atoms with E-state index in [0.717, 1.165) is 5.56 Å². The molecule has 2 rings (SSSR count). The van der Waals surface area contributed by atoms with Gasteiger partial charge >= 0.3 is 0 Å². The molecule has 4 heteroatoms. The summed E-state index contributed by atoms with van der Waals surface area (Å²) in [6, 6.07) is 6.51. The van der Waals surface area contributed by atoms with Gasteiger partial charge in [0.25, 0.3) is 5.92 Å². The summed E-state index contributed by atoms with van der Waals surface area (Å²) in [5.74, 6) is -2.58. The molecular formula is C12H12F2N2. The lowest BCUT2D eigenvalue weighted by atomic mass is 9.95. The largest absolute Gasteiger partial charge is 0.310 e. The molecule has 1 heterocycles. The quantitative estimate of drug-likeness (QED) is 0.721. The third-order valence-electron chi connectivity index (χ3n) is 2.81. The lowest BCUT2D eigenvalue weighted by molar-refractivity contribution is -0.0415. The Labute approximate surface area is 93.1 Å². The van der Waals surface area contributed by atoms with Crippen molar-refractivity contribution in [2.24, 2.45) is 0 Å². The van der Waals surface area contributed by atoms with Crippen molar-refractivity contribution in [1.29, 1.82) is 0 Å². The SMILES string of the molecule is [C-]#[N+]c1ccc([C@@H]2CC(F)(F)CCN2)cc1. The van der Waals surface area contributed by atoms with Gasteiger partial charge in [-0.2, -0.15) is 0 Å². The van der Waals surface area contributed by atoms with Crippen LogP contribution in [0, 0.1) is 6.57 Å². The average molecular weight is 222 g/mol. The van der Waals surface area contributed by atoms with Crippen LogP contribution in [0.15, 0.2) is 24.3 Å². The maximum Gasteiger partial charge on any atom is 0.251 e. The number of nitrogens with one attached hydrogen (secondary N) is 1. The minimum absolute atomic E-state index is 0.0936. The normalized spacial score (nSPS) is 23.7. The van der Waals surface area contributed by atoms with Crippen LogP contribution < -0.4 is 5.32 Å². The van der Waals surface area contributed by atoms with Crippen molar-refractivity contribution in [1.82, 2.24) is 5.32 Å². The Kier molecular flexibility index (Phi) is 2.88. The van der Waals surface area contributed by atoms with E-state index in [4.69, 9.17) is 6.57 Å². The Hall–Kier alpha value is -1.47. The molecular weight excluding hydrogens is 210 g/mol. The Morgan fingerprint density at radius 2 is 2.00 bits per heavy atom. The van der Waals surface area contributed by atoms with Crippen molar-refractivity contribution in [3.63, 3.8) is 0 Å². The van der Waals surface area contributed by atoms with Crippen LogP contribution in [0.1, 0.15) is 24.4 Å². The Bertz CT molecular complexity index is 406. The van der Waals surface area contributed by atoms with Crippen LogP contribution in [-0.2, 0) is 0 Å². The number of halogens is 2. The molecule has 1 aliphatic heterocycles. The molecule has 1 atom stereocenters. The molecule has 0 bridgehead atoms. The molecule has 0 saturated carbocycles. The molecule has 16 heavy (non-hydrogen) atoms. The van der Waals surface area contributed by atoms with Crippen molar-refractivity contribution in [2.75, 3.05) is 6.54 Å². The molecule has 1 aromatic rings. The molecule has 0 aromatic heterocycles. The number of benzene rings is 1. The van der Waals surface area contributed by atoms with Gasteiger partial charge in [-0.25, -0.2) is 13.6 Å². The number of hydrogen-bond donors (Lipinski definition) is 1. The highest BCUT2D eigenvalue weighted by Crippen LogP contribution is 2.34. The summed E-state index contributed by atoms with van der Waals surface area (Å²) in [5, 5.41) is 3.07. The van der Waals surface area contributed by atoms with E-state index >= 15 is 0 Å². The van der Waals surface area contributed by atoms with Crippen LogP contribution in [0.4, 0.5) is 14.5 Å². The molecule has 1 fully saturated rings. The molecule has 1 aliphatic rings. The number of hydrogen-bond acceptors (Lipinski definition) is 1. The second-order valence-corrected chi connectivity index (χ2v) is 4.02. The van der Waals surface area contributed by atoms with Crippen molar-refractivity contribution < 1.29 is 8.78 Å². The molecule has 84 valence electrons. The standard InChI is InChI=1S/C12H12F2N2/c1-15-10-4-2-9(3-5-10)11-8-12(13,14)6-7-16-11/h2-5,11,16H,6-8H2/t11-/m0/s1. The molecule has 0 spiro atoms. The molecule has 1 aromatic carbocycles. The lowest BCUT2D eigenvalue weighted by Crippen LogP contribution is -2.38. The lowest BCUT2D eigenvalue weighted by Gasteiger charge is -2.30. The monoisotopic (exact) mass is 222 g/mol. The molecule has 0 amide bonds. The number of alkyl halides is 2. The van der Waals surface area contributed by atoms with Crippen molar-refractivity contribution in [3.8, 4) is 0 Å². The van der Waals surface area contributed by atoms with Gasteiger partial charge < -0.3 is 5.32 Å². The van der Waals surface area contributed by atoms with Crippen LogP contribution in [-0.4, -0.2) is 12.5 Å². The first kappa shape index (κ1) is 11.0. The minimum atomic E-state index is -2.58. The van der Waals surface area contributed by atoms with E-state index in [2.05, 4.69) is 10.2 Å². The van der Waals surface area contributed by atoms with E-state index < -0.39 is 5.92 Å². The van der Waals surface area contributed by atoms with E-state index in [1.54, 1.807) is 24.3 Å². The van der Waals surface area contributed by atoms with Gasteiger partial charge in [0.15, 0.2) is 5.69 Å². The van der Waals surface area contributed by atoms with Crippen molar-refractivity contribution in [2.45, 2.75) is 24.8 Å². The molecule has 0 aliphatic carbocycles. The van der Waals surface area contributed by atoms with Gasteiger partial charge in [-0.3, -0.25) is 0 Å². The molecule has 0 unspecified atom stereocenters. The maximum atomic E-state index is 13.2. The van der Waals surface area contributed by atoms with Gasteiger partial charge in [-0.1, -0.05) is 24.3 Å². The summed E-state index contributed by atoms with van der Waals surface area (Å²) in [6.07, 6.45) is -0.256. The highest BCUT2D eigenvalue weighted by Gasteiger charge is 2.36. The van der Waals surface area contributed by atoms with Crippen LogP contribution in [0.3, 0.4) is 0 Å². The Morgan fingerprint density at radius 1 is 1.31 bits per heavy atom. The minimum Gasteiger partial charge on any atom is -0.310 e. The highest BCUT2D eigenvalue weighted by molar-refractivity contribution is 5.45. The number of nitrogens with zero attached hydrogens (tertiary/aromatic N) is 1. The smallest absolute Gasteiger partial charge is 0.251 e. The van der Waals surface area contributed by atoms with Gasteiger partial charge in [-0.15, -0.1) is 0 Å². The predicted molar refractivity (Wildman–Crippen MR) is 57.6 cm³/mol. The van der Waals surface area contributed by atoms with Crippen LogP contribution in [0.25, 0.3) is 4.85 Å². The molecule has 2 nitrogen and oxygen atoms in total. The fourth-order valence-electron chi connectivity index (χ4n) is 1.92. The summed E-state index contributed by atoms with van der Waals surface area (Å²) in [4.78, 5) is 3.27. The predicted octanol–water partition coefficient (Wildman–Crippen LogP) is 3.30. The van der Waals surface area contributed by atoms with E-state index in [0.29, 0.717) is 12.2 Å². The van der Waals surface area contributed by atoms with Crippen LogP contribution in [0.2, 0.25) is 0 Å². The van der Waals surface area contributed by atoms with Gasteiger partial charge in [0.05, 0.1) is 6.57 Å². The Balaban J connectivity index is 2.15. The molecule has 0 radical (unpaired) electrons. The molecule has 1 saturated heterocycles. The highest BCUT2D eigenvalue weighted by atomic mass is 19.3. The van der Waals surface area contributed by atoms with Crippen molar-refractivity contribution in [3.05, 3.63) is 41.2 Å². The summed E-state index contributed by atoms with van der Waals surface area (Å²) in [6.45, 7) is 7.15. The summed E-state index contributed by atoms with van der Waals surface area (Å²) >= 11 is 0. The zero-order valence-corrected chi connectivity index (χ0v) is 8.71. The summed E-state index contributed by atoms with van der Waals surface area (Å²) < 4.78 is 26.4. The molecule has 1 N–H and O–H groups in total. The van der Waals surface area contributed by atoms with Gasteiger partial charge in [0.2, 0.25) is 0 Å². The van der Waals surface area contributed by atoms with Gasteiger partial charge in [-0.05, 0) is 5.56 Å². The Morgan fingerprint density at radius 3 is 2.56 bits per heavy atom. The third-order valence-corrected chi connectivity index (χ3v) is 2.81. The van der Waals surface area contributed by atoms with E-state index in [1.165, 1.54) is 0 Å². The van der Waals surface area contributed by atoms with Gasteiger partial charge in [0, 0.05) is 25.4 Å². The first-order valence-corrected chi connectivity index (χ1v) is 5.19. The second kappa shape index (κ2) is 4.18. The second-order valence-electron chi connectivity index (χ2n) is 4.02. The fourth-order valence-corrected chi connectivity index (χ4v) is 1.92. The average Bonchev–Trinajstić information content (AvgIpc) is 2.28. The zero-order valence-electron chi connectivity index (χ0n) is 8.71. The van der Waals surface area contributed by atoms with Gasteiger partial charge in [0.1, 0.15) is 0 Å². The number of rotatable bonds is 1. The zero-order chi connectivity index (χ0) is 11.6. The fraction of sp³-hybridized carbons (Fsp3) is 0.417. The van der Waals surface area contributed by atoms with E-state index in [1.807, 2.05) is 0 Å². The van der Waals surface area contributed by atoms with Crippen LogP contribution in [0.5, 0.6) is 0 Å². The first-order chi connectivity index (χ1) is 7.61. The third kappa shape index (κ3) is 2.37. The topological polar surface area (TPSA) is 16.4 Å². The first-order valence-electron chi connectivity index (χ1n) is 5.19. The summed E-state index contributed by atoms with van der Waals surface area (Å²) in [7, 11) is 0. The van der Waals surface area contributed by atoms with E-state index in [9.17, 15) is 8.78 Å². The number of piperidine rings is 1.